The maximum atomic E-state index is 10.6. The van der Waals surface area contributed by atoms with Gasteiger partial charge >= 0.3 is 5.97 Å². The van der Waals surface area contributed by atoms with Crippen LogP contribution in [0.15, 0.2) is 22.9 Å². The number of aliphatic carboxylic acids is 1. The van der Waals surface area contributed by atoms with Crippen LogP contribution >= 0.6 is 15.9 Å². The Bertz CT molecular complexity index is 330. The molecule has 76 valence electrons. The maximum Gasteiger partial charge on any atom is 0.304 e. The van der Waals surface area contributed by atoms with Gasteiger partial charge in [-0.3, -0.25) is 9.78 Å². The summed E-state index contributed by atoms with van der Waals surface area (Å²) in [4.78, 5) is 14.5. The second-order valence-electron chi connectivity index (χ2n) is 2.93. The van der Waals surface area contributed by atoms with Gasteiger partial charge in [-0.15, -0.1) is 0 Å². The minimum atomic E-state index is -0.851. The van der Waals surface area contributed by atoms with Crippen LogP contribution in [0.1, 0.15) is 17.9 Å². The van der Waals surface area contributed by atoms with Gasteiger partial charge in [0.05, 0.1) is 6.42 Å². The third-order valence-electron chi connectivity index (χ3n) is 1.94. The third-order valence-corrected chi connectivity index (χ3v) is 2.66. The smallest absolute Gasteiger partial charge is 0.304 e. The summed E-state index contributed by atoms with van der Waals surface area (Å²) in [5, 5.41) is 8.68. The number of nitrogens with zero attached hydrogens (tertiary/aromatic N) is 1. The van der Waals surface area contributed by atoms with E-state index in [1.807, 2.05) is 0 Å². The van der Waals surface area contributed by atoms with Gasteiger partial charge in [-0.1, -0.05) is 15.9 Å². The first kappa shape index (κ1) is 11.1. The maximum absolute atomic E-state index is 10.6. The van der Waals surface area contributed by atoms with Gasteiger partial charge in [-0.25, -0.2) is 0 Å². The Kier molecular flexibility index (Phi) is 4.03. The second kappa shape index (κ2) is 5.07. The van der Waals surface area contributed by atoms with Crippen LogP contribution in [-0.2, 0) is 4.79 Å². The van der Waals surface area contributed by atoms with E-state index in [-0.39, 0.29) is 12.3 Å². The van der Waals surface area contributed by atoms with E-state index >= 15 is 0 Å². The zero-order valence-corrected chi connectivity index (χ0v) is 9.07. The summed E-state index contributed by atoms with van der Waals surface area (Å²) in [6, 6.07) is 1.78. The highest BCUT2D eigenvalue weighted by atomic mass is 79.9. The second-order valence-corrected chi connectivity index (χ2v) is 3.78. The Balaban J connectivity index is 2.89. The highest BCUT2D eigenvalue weighted by molar-refractivity contribution is 9.10. The molecule has 14 heavy (non-hydrogen) atoms. The first-order valence-corrected chi connectivity index (χ1v) is 4.95. The number of carboxylic acids is 1. The molecule has 0 spiro atoms. The van der Waals surface area contributed by atoms with Gasteiger partial charge < -0.3 is 10.8 Å². The van der Waals surface area contributed by atoms with Crippen molar-refractivity contribution in [3.63, 3.8) is 0 Å². The lowest BCUT2D eigenvalue weighted by Gasteiger charge is -2.13. The van der Waals surface area contributed by atoms with E-state index in [1.165, 1.54) is 0 Å². The molecular formula is C9H11BrN2O2. The Morgan fingerprint density at radius 2 is 2.43 bits per heavy atom. The fourth-order valence-electron chi connectivity index (χ4n) is 1.22. The van der Waals surface area contributed by atoms with Gasteiger partial charge in [0, 0.05) is 22.8 Å². The fraction of sp³-hybridized carbons (Fsp3) is 0.333. The molecule has 1 aromatic rings. The first-order valence-electron chi connectivity index (χ1n) is 4.16. The average molecular weight is 259 g/mol. The van der Waals surface area contributed by atoms with Gasteiger partial charge in [0.25, 0.3) is 0 Å². The molecule has 0 bridgehead atoms. The normalized spacial score (nSPS) is 12.4. The Morgan fingerprint density at radius 3 is 2.93 bits per heavy atom. The topological polar surface area (TPSA) is 76.2 Å². The predicted octanol–water partition coefficient (Wildman–Crippen LogP) is 1.36. The lowest BCUT2D eigenvalue weighted by molar-refractivity contribution is -0.137. The summed E-state index contributed by atoms with van der Waals surface area (Å²) in [5.41, 5.74) is 6.35. The number of carbonyl (C=O) groups is 1. The quantitative estimate of drug-likeness (QED) is 0.855. The van der Waals surface area contributed by atoms with Crippen molar-refractivity contribution in [3.8, 4) is 0 Å². The molecule has 1 rings (SSSR count). The third kappa shape index (κ3) is 2.78. The average Bonchev–Trinajstić information content (AvgIpc) is 2.15. The highest BCUT2D eigenvalue weighted by Crippen LogP contribution is 2.25. The predicted molar refractivity (Wildman–Crippen MR) is 56.0 cm³/mol. The van der Waals surface area contributed by atoms with E-state index in [0.717, 1.165) is 10.0 Å². The molecule has 3 N–H and O–H groups in total. The summed E-state index contributed by atoms with van der Waals surface area (Å²) in [5.74, 6) is -1.04. The van der Waals surface area contributed by atoms with Crippen molar-refractivity contribution >= 4 is 21.9 Å². The van der Waals surface area contributed by atoms with Crippen LogP contribution in [0.25, 0.3) is 0 Å². The molecule has 1 aromatic heterocycles. The summed E-state index contributed by atoms with van der Waals surface area (Å²) in [6.45, 7) is 0.302. The highest BCUT2D eigenvalue weighted by Gasteiger charge is 2.16. The van der Waals surface area contributed by atoms with E-state index < -0.39 is 5.97 Å². The van der Waals surface area contributed by atoms with Crippen LogP contribution in [0.2, 0.25) is 0 Å². The molecule has 0 aliphatic heterocycles. The molecule has 0 amide bonds. The van der Waals surface area contributed by atoms with Crippen molar-refractivity contribution < 1.29 is 9.90 Å². The van der Waals surface area contributed by atoms with E-state index in [0.29, 0.717) is 6.54 Å². The number of halogens is 1. The Morgan fingerprint density at radius 1 is 1.71 bits per heavy atom. The fourth-order valence-corrected chi connectivity index (χ4v) is 1.77. The van der Waals surface area contributed by atoms with Crippen molar-refractivity contribution in [2.75, 3.05) is 6.54 Å². The van der Waals surface area contributed by atoms with Gasteiger partial charge in [0.15, 0.2) is 0 Å². The molecule has 0 fully saturated rings. The lowest BCUT2D eigenvalue weighted by Crippen LogP contribution is -2.16. The molecular weight excluding hydrogens is 248 g/mol. The number of carboxylic acid groups (broad SMARTS) is 1. The van der Waals surface area contributed by atoms with Gasteiger partial charge in [-0.2, -0.15) is 0 Å². The van der Waals surface area contributed by atoms with Crippen molar-refractivity contribution in [3.05, 3.63) is 28.5 Å². The van der Waals surface area contributed by atoms with Crippen molar-refractivity contribution in [2.24, 2.45) is 5.73 Å². The molecule has 1 heterocycles. The van der Waals surface area contributed by atoms with Crippen molar-refractivity contribution in [1.29, 1.82) is 0 Å². The number of hydrogen-bond acceptors (Lipinski definition) is 3. The largest absolute Gasteiger partial charge is 0.481 e. The molecule has 5 heteroatoms. The van der Waals surface area contributed by atoms with Crippen LogP contribution in [0, 0.1) is 0 Å². The van der Waals surface area contributed by atoms with E-state index in [2.05, 4.69) is 20.9 Å². The van der Waals surface area contributed by atoms with E-state index in [4.69, 9.17) is 10.8 Å². The van der Waals surface area contributed by atoms with Gasteiger partial charge in [-0.05, 0) is 18.2 Å². The minimum Gasteiger partial charge on any atom is -0.481 e. The molecule has 1 atom stereocenters. The number of pyridine rings is 1. The molecule has 0 radical (unpaired) electrons. The Hall–Kier alpha value is -0.940. The van der Waals surface area contributed by atoms with Crippen LogP contribution in [-0.4, -0.2) is 22.6 Å². The zero-order valence-electron chi connectivity index (χ0n) is 7.48. The number of rotatable bonds is 4. The number of nitrogens with two attached hydrogens (primary N) is 1. The van der Waals surface area contributed by atoms with E-state index in [9.17, 15) is 4.79 Å². The van der Waals surface area contributed by atoms with E-state index in [1.54, 1.807) is 18.5 Å². The number of aromatic nitrogens is 1. The standard InChI is InChI=1S/C9H11BrN2O2/c10-8-1-2-12-5-7(8)6(4-11)3-9(13)14/h1-2,5-6H,3-4,11H2,(H,13,14). The molecule has 0 aliphatic carbocycles. The Labute approximate surface area is 90.3 Å². The zero-order chi connectivity index (χ0) is 10.6. The van der Waals surface area contributed by atoms with Crippen molar-refractivity contribution in [2.45, 2.75) is 12.3 Å². The van der Waals surface area contributed by atoms with Crippen molar-refractivity contribution in [1.82, 2.24) is 4.98 Å². The monoisotopic (exact) mass is 258 g/mol. The SMILES string of the molecule is NCC(CC(=O)O)c1cnccc1Br. The summed E-state index contributed by atoms with van der Waals surface area (Å²) < 4.78 is 0.851. The van der Waals surface area contributed by atoms with Crippen LogP contribution in [0.4, 0.5) is 0 Å². The molecule has 1 unspecified atom stereocenters. The summed E-state index contributed by atoms with van der Waals surface area (Å²) >= 11 is 3.34. The molecule has 0 saturated carbocycles. The van der Waals surface area contributed by atoms with Gasteiger partial charge in [0.2, 0.25) is 0 Å². The molecule has 0 saturated heterocycles. The molecule has 0 aliphatic rings. The van der Waals surface area contributed by atoms with Crippen LogP contribution in [0.5, 0.6) is 0 Å². The molecule has 4 nitrogen and oxygen atoms in total. The van der Waals surface area contributed by atoms with Crippen LogP contribution in [0.3, 0.4) is 0 Å². The lowest BCUT2D eigenvalue weighted by atomic mass is 9.98. The summed E-state index contributed by atoms with van der Waals surface area (Å²) in [7, 11) is 0. The van der Waals surface area contributed by atoms with Crippen LogP contribution < -0.4 is 5.73 Å². The molecule has 0 aromatic carbocycles. The number of hydrogen-bond donors (Lipinski definition) is 2. The van der Waals surface area contributed by atoms with Gasteiger partial charge in [0.1, 0.15) is 0 Å². The first-order chi connectivity index (χ1) is 6.65. The minimum absolute atomic E-state index is 0.0286. The summed E-state index contributed by atoms with van der Waals surface area (Å²) in [6.07, 6.45) is 3.31.